The van der Waals surface area contributed by atoms with E-state index in [-0.39, 0.29) is 11.5 Å². The van der Waals surface area contributed by atoms with Gasteiger partial charge in [-0.05, 0) is 19.1 Å². The van der Waals surface area contributed by atoms with Gasteiger partial charge in [-0.3, -0.25) is 18.9 Å². The van der Waals surface area contributed by atoms with E-state index in [1.807, 2.05) is 41.5 Å². The highest BCUT2D eigenvalue weighted by atomic mass is 32.1. The third-order valence-corrected chi connectivity index (χ3v) is 5.42. The van der Waals surface area contributed by atoms with E-state index < -0.39 is 0 Å². The molecule has 1 aliphatic heterocycles. The van der Waals surface area contributed by atoms with Crippen molar-refractivity contribution in [1.29, 1.82) is 0 Å². The second-order valence-corrected chi connectivity index (χ2v) is 7.45. The van der Waals surface area contributed by atoms with Crippen LogP contribution in [0.4, 0.5) is 0 Å². The number of thiazole rings is 1. The zero-order valence-electron chi connectivity index (χ0n) is 14.6. The third-order valence-electron chi connectivity index (χ3n) is 4.67. The lowest BCUT2D eigenvalue weighted by atomic mass is 10.1. The molecule has 0 spiro atoms. The number of amides is 1. The fourth-order valence-corrected chi connectivity index (χ4v) is 4.01. The number of nitrogens with zero attached hydrogens (tertiary/aromatic N) is 4. The fraction of sp³-hybridized carbons (Fsp3) is 0.316. The number of carbonyl (C=O) groups excluding carboxylic acids is 1. The molecule has 4 rings (SSSR count). The molecule has 3 heterocycles. The predicted molar refractivity (Wildman–Crippen MR) is 102 cm³/mol. The average Bonchev–Trinajstić information content (AvgIpc) is 3.11. The van der Waals surface area contributed by atoms with Gasteiger partial charge in [-0.15, -0.1) is 11.3 Å². The molecule has 2 aromatic heterocycles. The second kappa shape index (κ2) is 7.01. The van der Waals surface area contributed by atoms with Crippen LogP contribution in [-0.4, -0.2) is 51.3 Å². The number of fused-ring (bicyclic) bond motifs is 1. The van der Waals surface area contributed by atoms with Crippen molar-refractivity contribution in [3.05, 3.63) is 69.1 Å². The Labute approximate surface area is 155 Å². The Hall–Kier alpha value is -2.51. The number of hydrogen-bond donors (Lipinski definition) is 0. The molecule has 0 bridgehead atoms. The molecule has 26 heavy (non-hydrogen) atoms. The van der Waals surface area contributed by atoms with E-state index in [4.69, 9.17) is 0 Å². The summed E-state index contributed by atoms with van der Waals surface area (Å²) >= 11 is 1.46. The summed E-state index contributed by atoms with van der Waals surface area (Å²) in [6.45, 7) is 5.57. The zero-order chi connectivity index (χ0) is 18.1. The lowest BCUT2D eigenvalue weighted by molar-refractivity contribution is 0.0627. The van der Waals surface area contributed by atoms with E-state index in [0.717, 1.165) is 34.9 Å². The molecular weight excluding hydrogens is 348 g/mol. The van der Waals surface area contributed by atoms with Crippen LogP contribution in [0.3, 0.4) is 0 Å². The minimum atomic E-state index is -0.0421. The van der Waals surface area contributed by atoms with Gasteiger partial charge in [-0.25, -0.2) is 4.98 Å². The fourth-order valence-electron chi connectivity index (χ4n) is 3.27. The van der Waals surface area contributed by atoms with E-state index >= 15 is 0 Å². The molecule has 0 N–H and O–H groups in total. The van der Waals surface area contributed by atoms with Crippen molar-refractivity contribution in [3.63, 3.8) is 0 Å². The van der Waals surface area contributed by atoms with Crippen LogP contribution in [0.15, 0.2) is 46.7 Å². The molecule has 1 saturated heterocycles. The molecule has 1 amide bonds. The highest BCUT2D eigenvalue weighted by Gasteiger charge is 2.22. The Balaban J connectivity index is 1.40. The predicted octanol–water partition coefficient (Wildman–Crippen LogP) is 2.02. The smallest absolute Gasteiger partial charge is 0.258 e. The molecule has 1 aliphatic rings. The molecule has 0 atom stereocenters. The summed E-state index contributed by atoms with van der Waals surface area (Å²) in [6, 6.07) is 9.32. The molecule has 1 fully saturated rings. The first kappa shape index (κ1) is 16.9. The van der Waals surface area contributed by atoms with Gasteiger partial charge in [-0.2, -0.15) is 0 Å². The quantitative estimate of drug-likeness (QED) is 0.710. The summed E-state index contributed by atoms with van der Waals surface area (Å²) in [7, 11) is 0. The first-order valence-corrected chi connectivity index (χ1v) is 9.52. The minimum Gasteiger partial charge on any atom is -0.336 e. The van der Waals surface area contributed by atoms with Gasteiger partial charge in [0, 0.05) is 55.9 Å². The van der Waals surface area contributed by atoms with Crippen LogP contribution < -0.4 is 5.56 Å². The minimum absolute atomic E-state index is 0.0421. The Bertz CT molecular complexity index is 1000. The Morgan fingerprint density at radius 2 is 2.00 bits per heavy atom. The molecule has 3 aromatic rings. The summed E-state index contributed by atoms with van der Waals surface area (Å²) < 4.78 is 1.56. The molecule has 0 saturated carbocycles. The summed E-state index contributed by atoms with van der Waals surface area (Å²) in [4.78, 5) is 34.1. The summed E-state index contributed by atoms with van der Waals surface area (Å²) in [5.41, 5.74) is 2.59. The second-order valence-electron chi connectivity index (χ2n) is 6.58. The van der Waals surface area contributed by atoms with Crippen LogP contribution in [0.5, 0.6) is 0 Å². The Morgan fingerprint density at radius 3 is 2.77 bits per heavy atom. The summed E-state index contributed by atoms with van der Waals surface area (Å²) in [5, 5.41) is 1.86. The van der Waals surface area contributed by atoms with Crippen LogP contribution in [0.2, 0.25) is 0 Å². The molecule has 1 aromatic carbocycles. The van der Waals surface area contributed by atoms with Crippen molar-refractivity contribution in [2.24, 2.45) is 0 Å². The van der Waals surface area contributed by atoms with E-state index in [1.165, 1.54) is 11.3 Å². The SMILES string of the molecule is Cc1cccc(C(=O)N2CCN(Cc3cc(=O)n4ccsc4n3)CC2)c1. The van der Waals surface area contributed by atoms with Gasteiger partial charge in [0.25, 0.3) is 11.5 Å². The van der Waals surface area contributed by atoms with Gasteiger partial charge in [0.05, 0.1) is 5.69 Å². The van der Waals surface area contributed by atoms with Crippen molar-refractivity contribution in [1.82, 2.24) is 19.2 Å². The molecule has 7 heteroatoms. The van der Waals surface area contributed by atoms with Crippen molar-refractivity contribution < 1.29 is 4.79 Å². The van der Waals surface area contributed by atoms with Crippen LogP contribution in [0.25, 0.3) is 4.96 Å². The zero-order valence-corrected chi connectivity index (χ0v) is 15.4. The maximum Gasteiger partial charge on any atom is 0.258 e. The van der Waals surface area contributed by atoms with E-state index in [0.29, 0.717) is 19.6 Å². The topological polar surface area (TPSA) is 57.9 Å². The van der Waals surface area contributed by atoms with Crippen LogP contribution in [0.1, 0.15) is 21.6 Å². The molecule has 0 unspecified atom stereocenters. The van der Waals surface area contributed by atoms with Crippen LogP contribution >= 0.6 is 11.3 Å². The van der Waals surface area contributed by atoms with Crippen molar-refractivity contribution in [2.75, 3.05) is 26.2 Å². The Kier molecular flexibility index (Phi) is 4.57. The molecule has 0 aliphatic carbocycles. The van der Waals surface area contributed by atoms with Crippen molar-refractivity contribution >= 4 is 22.2 Å². The number of aromatic nitrogens is 2. The molecule has 6 nitrogen and oxygen atoms in total. The van der Waals surface area contributed by atoms with Crippen molar-refractivity contribution in [2.45, 2.75) is 13.5 Å². The van der Waals surface area contributed by atoms with Crippen molar-refractivity contribution in [3.8, 4) is 0 Å². The number of piperazine rings is 1. The normalized spacial score (nSPS) is 15.5. The van der Waals surface area contributed by atoms with Crippen LogP contribution in [-0.2, 0) is 6.54 Å². The standard InChI is InChI=1S/C19H20N4O2S/c1-14-3-2-4-15(11-14)18(25)22-7-5-21(6-8-22)13-16-12-17(24)23-9-10-26-19(23)20-16/h2-4,9-12H,5-8,13H2,1H3. The van der Waals surface area contributed by atoms with E-state index in [9.17, 15) is 9.59 Å². The number of hydrogen-bond acceptors (Lipinski definition) is 5. The largest absolute Gasteiger partial charge is 0.336 e. The first-order valence-electron chi connectivity index (χ1n) is 8.64. The van der Waals surface area contributed by atoms with E-state index in [2.05, 4.69) is 9.88 Å². The third kappa shape index (κ3) is 3.40. The number of rotatable bonds is 3. The highest BCUT2D eigenvalue weighted by molar-refractivity contribution is 7.15. The molecule has 0 radical (unpaired) electrons. The maximum atomic E-state index is 12.6. The van der Waals surface area contributed by atoms with Gasteiger partial charge < -0.3 is 4.90 Å². The maximum absolute atomic E-state index is 12.6. The lowest BCUT2D eigenvalue weighted by Crippen LogP contribution is -2.48. The van der Waals surface area contributed by atoms with Crippen LogP contribution in [0, 0.1) is 6.92 Å². The summed E-state index contributed by atoms with van der Waals surface area (Å²) in [6.07, 6.45) is 1.74. The first-order chi connectivity index (χ1) is 12.6. The number of aryl methyl sites for hydroxylation is 1. The van der Waals surface area contributed by atoms with Gasteiger partial charge in [0.1, 0.15) is 0 Å². The van der Waals surface area contributed by atoms with Gasteiger partial charge in [0.2, 0.25) is 0 Å². The summed E-state index contributed by atoms with van der Waals surface area (Å²) in [5.74, 6) is 0.0877. The Morgan fingerprint density at radius 1 is 1.19 bits per heavy atom. The average molecular weight is 368 g/mol. The highest BCUT2D eigenvalue weighted by Crippen LogP contribution is 2.13. The van der Waals surface area contributed by atoms with E-state index in [1.54, 1.807) is 16.7 Å². The molecular formula is C19H20N4O2S. The number of carbonyl (C=O) groups is 1. The number of benzene rings is 1. The van der Waals surface area contributed by atoms with Gasteiger partial charge in [-0.1, -0.05) is 17.7 Å². The molecule has 134 valence electrons. The monoisotopic (exact) mass is 368 g/mol. The van der Waals surface area contributed by atoms with Gasteiger partial charge in [0.15, 0.2) is 4.96 Å². The van der Waals surface area contributed by atoms with Gasteiger partial charge >= 0.3 is 0 Å². The lowest BCUT2D eigenvalue weighted by Gasteiger charge is -2.34.